The minimum Gasteiger partial charge on any atom is -0.507 e. The molecule has 3 rings (SSSR count). The Morgan fingerprint density at radius 1 is 1.12 bits per heavy atom. The van der Waals surface area contributed by atoms with Gasteiger partial charge in [0.15, 0.2) is 0 Å². The molecule has 1 heterocycles. The Balaban J connectivity index is 2.17. The molecule has 0 saturated carbocycles. The van der Waals surface area contributed by atoms with Crippen molar-refractivity contribution in [2.45, 2.75) is 6.04 Å². The van der Waals surface area contributed by atoms with E-state index in [1.807, 2.05) is 0 Å². The second-order valence-electron chi connectivity index (χ2n) is 5.66. The normalized spacial score (nSPS) is 19.3. The molecule has 0 spiro atoms. The number of amides is 1. The van der Waals surface area contributed by atoms with Crippen molar-refractivity contribution in [3.8, 4) is 5.75 Å². The van der Waals surface area contributed by atoms with Crippen LogP contribution in [0.25, 0.3) is 5.76 Å². The van der Waals surface area contributed by atoms with E-state index in [2.05, 4.69) is 0 Å². The molecule has 0 bridgehead atoms. The smallest absolute Gasteiger partial charge is 0.295 e. The zero-order chi connectivity index (χ0) is 18.1. The number of rotatable bonds is 3. The maximum absolute atomic E-state index is 14.2. The van der Waals surface area contributed by atoms with Gasteiger partial charge in [-0.2, -0.15) is 0 Å². The van der Waals surface area contributed by atoms with Gasteiger partial charge in [0.05, 0.1) is 18.7 Å². The predicted octanol–water partition coefficient (Wildman–Crippen LogP) is 2.89. The van der Waals surface area contributed by atoms with Gasteiger partial charge in [-0.1, -0.05) is 18.2 Å². The summed E-state index contributed by atoms with van der Waals surface area (Å²) in [6.45, 7) is 0. The fourth-order valence-electron chi connectivity index (χ4n) is 2.91. The Morgan fingerprint density at radius 2 is 1.76 bits per heavy atom. The van der Waals surface area contributed by atoms with Crippen LogP contribution < -0.4 is 4.74 Å². The van der Waals surface area contributed by atoms with Crippen LogP contribution in [-0.2, 0) is 9.59 Å². The third kappa shape index (κ3) is 2.76. The molecule has 2 aromatic rings. The van der Waals surface area contributed by atoms with Crippen molar-refractivity contribution in [3.05, 3.63) is 71.0 Å². The van der Waals surface area contributed by atoms with Crippen LogP contribution in [0.4, 0.5) is 4.39 Å². The summed E-state index contributed by atoms with van der Waals surface area (Å²) in [4.78, 5) is 25.7. The number of hydrogen-bond donors (Lipinski definition) is 1. The molecule has 0 aliphatic carbocycles. The number of halogens is 1. The molecule has 0 unspecified atom stereocenters. The largest absolute Gasteiger partial charge is 0.507 e. The highest BCUT2D eigenvalue weighted by molar-refractivity contribution is 6.46. The lowest BCUT2D eigenvalue weighted by molar-refractivity contribution is -0.139. The molecule has 0 aromatic heterocycles. The molecular formula is C19H16FNO4. The van der Waals surface area contributed by atoms with E-state index in [9.17, 15) is 19.1 Å². The van der Waals surface area contributed by atoms with Gasteiger partial charge in [0, 0.05) is 18.2 Å². The fourth-order valence-corrected chi connectivity index (χ4v) is 2.91. The van der Waals surface area contributed by atoms with E-state index in [0.717, 1.165) is 4.90 Å². The second kappa shape index (κ2) is 6.39. The monoisotopic (exact) mass is 341 g/mol. The number of benzene rings is 2. The zero-order valence-corrected chi connectivity index (χ0v) is 13.7. The van der Waals surface area contributed by atoms with E-state index in [1.54, 1.807) is 30.3 Å². The highest BCUT2D eigenvalue weighted by atomic mass is 19.1. The molecule has 1 saturated heterocycles. The summed E-state index contributed by atoms with van der Waals surface area (Å²) < 4.78 is 19.3. The van der Waals surface area contributed by atoms with Crippen LogP contribution >= 0.6 is 0 Å². The number of methoxy groups -OCH3 is 1. The summed E-state index contributed by atoms with van der Waals surface area (Å²) in [6, 6.07) is 11.3. The Labute approximate surface area is 144 Å². The molecule has 128 valence electrons. The van der Waals surface area contributed by atoms with Crippen LogP contribution in [0.3, 0.4) is 0 Å². The number of nitrogens with zero attached hydrogens (tertiary/aromatic N) is 1. The van der Waals surface area contributed by atoms with E-state index in [4.69, 9.17) is 4.74 Å². The van der Waals surface area contributed by atoms with Crippen molar-refractivity contribution in [1.82, 2.24) is 4.90 Å². The Morgan fingerprint density at radius 3 is 2.36 bits per heavy atom. The van der Waals surface area contributed by atoms with Crippen LogP contribution in [0.5, 0.6) is 5.75 Å². The molecule has 1 aliphatic rings. The molecule has 6 heteroatoms. The Hall–Kier alpha value is -3.15. The van der Waals surface area contributed by atoms with Crippen LogP contribution in [0.15, 0.2) is 54.1 Å². The van der Waals surface area contributed by atoms with Crippen molar-refractivity contribution >= 4 is 17.4 Å². The average molecular weight is 341 g/mol. The van der Waals surface area contributed by atoms with Crippen LogP contribution in [-0.4, -0.2) is 35.9 Å². The first kappa shape index (κ1) is 16.7. The predicted molar refractivity (Wildman–Crippen MR) is 89.5 cm³/mol. The minimum absolute atomic E-state index is 0.136. The molecule has 1 fully saturated rings. The number of Topliss-reactive ketones (excluding diaryl/α,β-unsaturated/α-hetero) is 1. The Kier molecular flexibility index (Phi) is 4.27. The van der Waals surface area contributed by atoms with Crippen LogP contribution in [0.1, 0.15) is 17.2 Å². The lowest BCUT2D eigenvalue weighted by Gasteiger charge is -2.21. The van der Waals surface area contributed by atoms with Crippen molar-refractivity contribution in [3.63, 3.8) is 0 Å². The molecule has 5 nitrogen and oxygen atoms in total. The van der Waals surface area contributed by atoms with Gasteiger partial charge in [-0.25, -0.2) is 4.39 Å². The third-order valence-electron chi connectivity index (χ3n) is 4.24. The number of likely N-dealkylation sites (tertiary alicyclic amines) is 1. The average Bonchev–Trinajstić information content (AvgIpc) is 2.86. The van der Waals surface area contributed by atoms with Gasteiger partial charge in [0.2, 0.25) is 0 Å². The van der Waals surface area contributed by atoms with Gasteiger partial charge in [0.1, 0.15) is 17.3 Å². The van der Waals surface area contributed by atoms with Gasteiger partial charge in [-0.15, -0.1) is 0 Å². The number of ether oxygens (including phenoxy) is 1. The standard InChI is InChI=1S/C19H16FNO4/c1-21-16(13-5-3-4-6-14(13)20)15(18(23)19(21)24)17(22)11-7-9-12(25-2)10-8-11/h3-10,16,22H,1-2H3/t16-/m1/s1. The first-order valence-electron chi connectivity index (χ1n) is 7.59. The highest BCUT2D eigenvalue weighted by Crippen LogP contribution is 2.39. The van der Waals surface area contributed by atoms with Gasteiger partial charge in [-0.3, -0.25) is 9.59 Å². The van der Waals surface area contributed by atoms with Crippen LogP contribution in [0.2, 0.25) is 0 Å². The molecule has 1 atom stereocenters. The number of carbonyl (C=O) groups is 2. The van der Waals surface area contributed by atoms with E-state index < -0.39 is 23.5 Å². The molecule has 2 aromatic carbocycles. The summed E-state index contributed by atoms with van der Waals surface area (Å²) in [5.41, 5.74) is 0.357. The summed E-state index contributed by atoms with van der Waals surface area (Å²) >= 11 is 0. The molecule has 0 radical (unpaired) electrons. The van der Waals surface area contributed by atoms with Gasteiger partial charge < -0.3 is 14.7 Å². The summed E-state index contributed by atoms with van der Waals surface area (Å²) in [5, 5.41) is 10.6. The Bertz CT molecular complexity index is 873. The maximum Gasteiger partial charge on any atom is 0.295 e. The number of carbonyl (C=O) groups excluding carboxylic acids is 2. The van der Waals surface area contributed by atoms with Gasteiger partial charge in [-0.05, 0) is 30.3 Å². The number of ketones is 1. The highest BCUT2D eigenvalue weighted by Gasteiger charge is 2.45. The lowest BCUT2D eigenvalue weighted by atomic mass is 9.95. The van der Waals surface area contributed by atoms with E-state index in [0.29, 0.717) is 11.3 Å². The molecular weight excluding hydrogens is 325 g/mol. The van der Waals surface area contributed by atoms with Crippen LogP contribution in [0, 0.1) is 5.82 Å². The van der Waals surface area contributed by atoms with Crippen molar-refractivity contribution < 1.29 is 23.8 Å². The molecule has 1 amide bonds. The summed E-state index contributed by atoms with van der Waals surface area (Å²) in [5.74, 6) is -1.95. The minimum atomic E-state index is -0.983. The first-order chi connectivity index (χ1) is 12.0. The number of aliphatic hydroxyl groups is 1. The summed E-state index contributed by atoms with van der Waals surface area (Å²) in [6.07, 6.45) is 0. The first-order valence-corrected chi connectivity index (χ1v) is 7.59. The van der Waals surface area contributed by atoms with Gasteiger partial charge >= 0.3 is 0 Å². The van der Waals surface area contributed by atoms with E-state index >= 15 is 0 Å². The van der Waals surface area contributed by atoms with Crippen molar-refractivity contribution in [2.24, 2.45) is 0 Å². The third-order valence-corrected chi connectivity index (χ3v) is 4.24. The quantitative estimate of drug-likeness (QED) is 0.530. The number of hydrogen-bond acceptors (Lipinski definition) is 4. The van der Waals surface area contributed by atoms with E-state index in [-0.39, 0.29) is 16.9 Å². The second-order valence-corrected chi connectivity index (χ2v) is 5.66. The molecule has 1 N–H and O–H groups in total. The SMILES string of the molecule is COc1ccc(C(O)=C2C(=O)C(=O)N(C)[C@@H]2c2ccccc2F)cc1. The topological polar surface area (TPSA) is 66.8 Å². The molecule has 1 aliphatic heterocycles. The zero-order valence-electron chi connectivity index (χ0n) is 13.7. The lowest BCUT2D eigenvalue weighted by Crippen LogP contribution is -2.25. The van der Waals surface area contributed by atoms with Crippen molar-refractivity contribution in [1.29, 1.82) is 0 Å². The summed E-state index contributed by atoms with van der Waals surface area (Å²) in [7, 11) is 2.92. The van der Waals surface area contributed by atoms with E-state index in [1.165, 1.54) is 32.4 Å². The number of likely N-dealkylation sites (N-methyl/N-ethyl adjacent to an activating group) is 1. The number of aliphatic hydroxyl groups excluding tert-OH is 1. The fraction of sp³-hybridized carbons (Fsp3) is 0.158. The van der Waals surface area contributed by atoms with Crippen molar-refractivity contribution in [2.75, 3.05) is 14.2 Å². The maximum atomic E-state index is 14.2. The van der Waals surface area contributed by atoms with Gasteiger partial charge in [0.25, 0.3) is 11.7 Å². The molecule has 25 heavy (non-hydrogen) atoms.